The summed E-state index contributed by atoms with van der Waals surface area (Å²) in [5, 5.41) is 12.5. The summed E-state index contributed by atoms with van der Waals surface area (Å²) in [7, 11) is 0. The van der Waals surface area contributed by atoms with Crippen LogP contribution < -0.4 is 5.32 Å². The fourth-order valence-electron chi connectivity index (χ4n) is 2.72. The molecule has 0 bridgehead atoms. The molecule has 1 fully saturated rings. The van der Waals surface area contributed by atoms with Crippen molar-refractivity contribution in [2.24, 2.45) is 17.8 Å². The predicted molar refractivity (Wildman–Crippen MR) is 65.4 cm³/mol. The third-order valence-corrected chi connectivity index (χ3v) is 3.66. The van der Waals surface area contributed by atoms with Crippen LogP contribution in [0.5, 0.6) is 0 Å². The molecule has 0 aromatic rings. The van der Waals surface area contributed by atoms with Gasteiger partial charge in [0, 0.05) is 0 Å². The number of hydrogen-bond acceptors (Lipinski definition) is 2. The van der Waals surface area contributed by atoms with Gasteiger partial charge < -0.3 is 10.4 Å². The molecule has 0 aromatic carbocycles. The van der Waals surface area contributed by atoms with Crippen molar-refractivity contribution < 1.29 is 9.90 Å². The van der Waals surface area contributed by atoms with Crippen LogP contribution in [0.4, 0.5) is 0 Å². The van der Waals surface area contributed by atoms with Crippen molar-refractivity contribution in [3.63, 3.8) is 0 Å². The van der Waals surface area contributed by atoms with Crippen molar-refractivity contribution in [2.45, 2.75) is 46.0 Å². The van der Waals surface area contributed by atoms with Crippen LogP contribution in [0.1, 0.15) is 46.0 Å². The molecule has 2 N–H and O–H groups in total. The highest BCUT2D eigenvalue weighted by Crippen LogP contribution is 2.31. The summed E-state index contributed by atoms with van der Waals surface area (Å²) in [6.07, 6.45) is 5.50. The van der Waals surface area contributed by atoms with E-state index in [0.717, 1.165) is 32.4 Å². The molecule has 1 aliphatic carbocycles. The minimum Gasteiger partial charge on any atom is -0.481 e. The van der Waals surface area contributed by atoms with E-state index in [1.165, 1.54) is 12.8 Å². The van der Waals surface area contributed by atoms with Crippen molar-refractivity contribution in [1.29, 1.82) is 0 Å². The van der Waals surface area contributed by atoms with Crippen molar-refractivity contribution in [1.82, 2.24) is 5.32 Å². The Labute approximate surface area is 98.6 Å². The van der Waals surface area contributed by atoms with E-state index in [-0.39, 0.29) is 5.92 Å². The van der Waals surface area contributed by atoms with Gasteiger partial charge in [-0.3, -0.25) is 4.79 Å². The van der Waals surface area contributed by atoms with Gasteiger partial charge in [-0.25, -0.2) is 0 Å². The number of carboxylic acid groups (broad SMARTS) is 1. The fraction of sp³-hybridized carbons (Fsp3) is 0.923. The molecule has 3 nitrogen and oxygen atoms in total. The SMILES string of the molecule is CCCC(C)CNCC1CCCC1C(=O)O. The Balaban J connectivity index is 2.19. The largest absolute Gasteiger partial charge is 0.481 e. The molecule has 94 valence electrons. The molecule has 0 saturated heterocycles. The van der Waals surface area contributed by atoms with Crippen LogP contribution in [0.3, 0.4) is 0 Å². The number of hydrogen-bond donors (Lipinski definition) is 2. The summed E-state index contributed by atoms with van der Waals surface area (Å²) in [5.41, 5.74) is 0. The summed E-state index contributed by atoms with van der Waals surface area (Å²) in [6, 6.07) is 0. The van der Waals surface area contributed by atoms with Gasteiger partial charge in [-0.15, -0.1) is 0 Å². The van der Waals surface area contributed by atoms with Gasteiger partial charge in [0.15, 0.2) is 0 Å². The van der Waals surface area contributed by atoms with Gasteiger partial charge in [0.1, 0.15) is 0 Å². The molecular formula is C13H25NO2. The molecule has 0 aromatic heterocycles. The molecule has 3 heteroatoms. The number of carbonyl (C=O) groups is 1. The molecular weight excluding hydrogens is 202 g/mol. The highest BCUT2D eigenvalue weighted by molar-refractivity contribution is 5.70. The zero-order valence-electron chi connectivity index (χ0n) is 10.5. The Morgan fingerprint density at radius 2 is 2.25 bits per heavy atom. The van der Waals surface area contributed by atoms with Crippen LogP contribution in [0, 0.1) is 17.8 Å². The lowest BCUT2D eigenvalue weighted by atomic mass is 9.96. The van der Waals surface area contributed by atoms with E-state index >= 15 is 0 Å². The van der Waals surface area contributed by atoms with Crippen LogP contribution in [0.25, 0.3) is 0 Å². The minimum atomic E-state index is -0.606. The fourth-order valence-corrected chi connectivity index (χ4v) is 2.72. The molecule has 0 spiro atoms. The van der Waals surface area contributed by atoms with Crippen LogP contribution in [-0.4, -0.2) is 24.2 Å². The number of aliphatic carboxylic acids is 1. The van der Waals surface area contributed by atoms with Crippen LogP contribution in [0.15, 0.2) is 0 Å². The monoisotopic (exact) mass is 227 g/mol. The molecule has 1 aliphatic rings. The van der Waals surface area contributed by atoms with Gasteiger partial charge in [-0.2, -0.15) is 0 Å². The normalized spacial score (nSPS) is 26.9. The third kappa shape index (κ3) is 4.12. The molecule has 3 unspecified atom stereocenters. The van der Waals surface area contributed by atoms with Gasteiger partial charge >= 0.3 is 5.97 Å². The Morgan fingerprint density at radius 3 is 2.88 bits per heavy atom. The molecule has 0 radical (unpaired) electrons. The van der Waals surface area contributed by atoms with Crippen molar-refractivity contribution >= 4 is 5.97 Å². The minimum absolute atomic E-state index is 0.103. The van der Waals surface area contributed by atoms with Crippen LogP contribution in [-0.2, 0) is 4.79 Å². The lowest BCUT2D eigenvalue weighted by molar-refractivity contribution is -0.142. The summed E-state index contributed by atoms with van der Waals surface area (Å²) in [6.45, 7) is 6.36. The quantitative estimate of drug-likeness (QED) is 0.702. The lowest BCUT2D eigenvalue weighted by Crippen LogP contribution is -2.31. The first kappa shape index (κ1) is 13.5. The second-order valence-corrected chi connectivity index (χ2v) is 5.19. The van der Waals surface area contributed by atoms with Crippen molar-refractivity contribution in [3.05, 3.63) is 0 Å². The van der Waals surface area contributed by atoms with E-state index in [1.807, 2.05) is 0 Å². The Kier molecular flexibility index (Phi) is 5.81. The van der Waals surface area contributed by atoms with Gasteiger partial charge in [-0.1, -0.05) is 26.7 Å². The molecule has 0 amide bonds. The van der Waals surface area contributed by atoms with E-state index in [4.69, 9.17) is 5.11 Å². The van der Waals surface area contributed by atoms with Gasteiger partial charge in [-0.05, 0) is 44.2 Å². The number of rotatable bonds is 7. The van der Waals surface area contributed by atoms with E-state index in [2.05, 4.69) is 19.2 Å². The predicted octanol–water partition coefficient (Wildman–Crippen LogP) is 2.51. The Morgan fingerprint density at radius 1 is 1.50 bits per heavy atom. The van der Waals surface area contributed by atoms with Gasteiger partial charge in [0.2, 0.25) is 0 Å². The maximum atomic E-state index is 11.0. The van der Waals surface area contributed by atoms with Crippen molar-refractivity contribution in [2.75, 3.05) is 13.1 Å². The van der Waals surface area contributed by atoms with Crippen LogP contribution >= 0.6 is 0 Å². The summed E-state index contributed by atoms with van der Waals surface area (Å²) in [5.74, 6) is 0.348. The molecule has 3 atom stereocenters. The zero-order valence-corrected chi connectivity index (χ0v) is 10.5. The third-order valence-electron chi connectivity index (χ3n) is 3.66. The van der Waals surface area contributed by atoms with Gasteiger partial charge in [0.05, 0.1) is 5.92 Å². The Bertz CT molecular complexity index is 218. The standard InChI is InChI=1S/C13H25NO2/c1-3-5-10(2)8-14-9-11-6-4-7-12(11)13(15)16/h10-12,14H,3-9H2,1-2H3,(H,15,16). The zero-order chi connectivity index (χ0) is 12.0. The topological polar surface area (TPSA) is 49.3 Å². The van der Waals surface area contributed by atoms with E-state index in [0.29, 0.717) is 11.8 Å². The maximum absolute atomic E-state index is 11.0. The molecule has 0 heterocycles. The molecule has 1 rings (SSSR count). The first-order valence-electron chi connectivity index (χ1n) is 6.58. The van der Waals surface area contributed by atoms with Crippen molar-refractivity contribution in [3.8, 4) is 0 Å². The van der Waals surface area contributed by atoms with E-state index in [9.17, 15) is 4.79 Å². The van der Waals surface area contributed by atoms with E-state index in [1.54, 1.807) is 0 Å². The summed E-state index contributed by atoms with van der Waals surface area (Å²) >= 11 is 0. The average molecular weight is 227 g/mol. The maximum Gasteiger partial charge on any atom is 0.306 e. The second kappa shape index (κ2) is 6.89. The summed E-state index contributed by atoms with van der Waals surface area (Å²) in [4.78, 5) is 11.0. The number of carboxylic acids is 1. The molecule has 1 saturated carbocycles. The average Bonchev–Trinajstić information content (AvgIpc) is 2.66. The first-order chi connectivity index (χ1) is 7.65. The Hall–Kier alpha value is -0.570. The molecule has 0 aliphatic heterocycles. The van der Waals surface area contributed by atoms with E-state index < -0.39 is 5.97 Å². The second-order valence-electron chi connectivity index (χ2n) is 5.19. The lowest BCUT2D eigenvalue weighted by Gasteiger charge is -2.18. The van der Waals surface area contributed by atoms with Gasteiger partial charge in [0.25, 0.3) is 0 Å². The summed E-state index contributed by atoms with van der Waals surface area (Å²) < 4.78 is 0. The first-order valence-corrected chi connectivity index (χ1v) is 6.58. The number of nitrogens with one attached hydrogen (secondary N) is 1. The highest BCUT2D eigenvalue weighted by atomic mass is 16.4. The molecule has 16 heavy (non-hydrogen) atoms. The smallest absolute Gasteiger partial charge is 0.306 e. The van der Waals surface area contributed by atoms with Crippen LogP contribution in [0.2, 0.25) is 0 Å². The highest BCUT2D eigenvalue weighted by Gasteiger charge is 2.32.